The van der Waals surface area contributed by atoms with Gasteiger partial charge in [0.05, 0.1) is 11.4 Å². The Morgan fingerprint density at radius 1 is 1.16 bits per heavy atom. The lowest BCUT2D eigenvalue weighted by molar-refractivity contribution is 0.101. The molecule has 4 aromatic heterocycles. The first-order valence-electron chi connectivity index (χ1n) is 10.3. The number of hydrogen-bond acceptors (Lipinski definition) is 5. The molecule has 1 aliphatic rings. The lowest BCUT2D eigenvalue weighted by atomic mass is 9.96. The van der Waals surface area contributed by atoms with Crippen molar-refractivity contribution in [2.24, 2.45) is 0 Å². The molecule has 1 amide bonds. The van der Waals surface area contributed by atoms with Crippen LogP contribution in [0, 0.1) is 5.95 Å². The maximum Gasteiger partial charge on any atom is 0.274 e. The first-order valence-corrected chi connectivity index (χ1v) is 11.2. The molecule has 4 heterocycles. The lowest BCUT2D eigenvalue weighted by Gasteiger charge is -2.12. The molecule has 6 nitrogen and oxygen atoms in total. The molecule has 4 aromatic rings. The zero-order valence-electron chi connectivity index (χ0n) is 17.2. The summed E-state index contributed by atoms with van der Waals surface area (Å²) in [5.41, 5.74) is 4.21. The van der Waals surface area contributed by atoms with Gasteiger partial charge in [-0.25, -0.2) is 9.97 Å². The van der Waals surface area contributed by atoms with E-state index >= 15 is 0 Å². The van der Waals surface area contributed by atoms with Crippen molar-refractivity contribution in [1.29, 1.82) is 0 Å². The molecule has 0 aromatic carbocycles. The number of halogens is 1. The van der Waals surface area contributed by atoms with Gasteiger partial charge in [0, 0.05) is 30.0 Å². The van der Waals surface area contributed by atoms with Gasteiger partial charge >= 0.3 is 0 Å². The summed E-state index contributed by atoms with van der Waals surface area (Å²) >= 11 is 1.52. The SMILES string of the molecule is O=C(Nc1nc2c(s1)CCC/C2=C/c1ccccn1)c1cccn1Cc1ccnc(F)c1. The number of amides is 1. The van der Waals surface area contributed by atoms with Crippen molar-refractivity contribution in [1.82, 2.24) is 19.5 Å². The number of carbonyl (C=O) groups excluding carboxylic acids is 1. The number of allylic oxidation sites excluding steroid dienone is 1. The van der Waals surface area contributed by atoms with E-state index in [-0.39, 0.29) is 5.91 Å². The van der Waals surface area contributed by atoms with E-state index in [0.717, 1.165) is 41.8 Å². The summed E-state index contributed by atoms with van der Waals surface area (Å²) in [6.07, 6.45) is 10.0. The number of aromatic nitrogens is 4. The number of thiazole rings is 1. The van der Waals surface area contributed by atoms with Crippen LogP contribution >= 0.6 is 11.3 Å². The fraction of sp³-hybridized carbons (Fsp3) is 0.167. The minimum atomic E-state index is -0.538. The fourth-order valence-corrected chi connectivity index (χ4v) is 4.85. The molecule has 5 rings (SSSR count). The molecule has 0 aliphatic heterocycles. The van der Waals surface area contributed by atoms with E-state index in [1.165, 1.54) is 28.5 Å². The first-order chi connectivity index (χ1) is 15.7. The lowest BCUT2D eigenvalue weighted by Crippen LogP contribution is -2.17. The zero-order chi connectivity index (χ0) is 21.9. The van der Waals surface area contributed by atoms with Gasteiger partial charge in [0.2, 0.25) is 5.95 Å². The Balaban J connectivity index is 1.36. The maximum atomic E-state index is 13.4. The number of rotatable bonds is 5. The van der Waals surface area contributed by atoms with E-state index in [4.69, 9.17) is 4.98 Å². The quantitative estimate of drug-likeness (QED) is 0.436. The van der Waals surface area contributed by atoms with Crippen LogP contribution in [0.25, 0.3) is 11.6 Å². The number of nitrogens with zero attached hydrogens (tertiary/aromatic N) is 4. The molecule has 0 saturated heterocycles. The van der Waals surface area contributed by atoms with Crippen LogP contribution in [0.1, 0.15) is 45.2 Å². The van der Waals surface area contributed by atoms with Crippen molar-refractivity contribution in [3.8, 4) is 0 Å². The highest BCUT2D eigenvalue weighted by atomic mass is 32.1. The van der Waals surface area contributed by atoms with Crippen LogP contribution in [0.2, 0.25) is 0 Å². The Morgan fingerprint density at radius 2 is 2.09 bits per heavy atom. The second-order valence-electron chi connectivity index (χ2n) is 7.53. The largest absolute Gasteiger partial charge is 0.339 e. The van der Waals surface area contributed by atoms with Crippen LogP contribution in [-0.2, 0) is 13.0 Å². The monoisotopic (exact) mass is 445 g/mol. The topological polar surface area (TPSA) is 72.7 Å². The third-order valence-electron chi connectivity index (χ3n) is 5.29. The summed E-state index contributed by atoms with van der Waals surface area (Å²) in [5.74, 6) is -0.783. The molecule has 0 saturated carbocycles. The highest BCUT2D eigenvalue weighted by Gasteiger charge is 2.21. The van der Waals surface area contributed by atoms with Gasteiger partial charge < -0.3 is 4.57 Å². The maximum absolute atomic E-state index is 13.4. The predicted octanol–water partition coefficient (Wildman–Crippen LogP) is 5.05. The van der Waals surface area contributed by atoms with Crippen LogP contribution in [0.3, 0.4) is 0 Å². The minimum Gasteiger partial charge on any atom is -0.339 e. The first kappa shape index (κ1) is 20.3. The number of hydrogen-bond donors (Lipinski definition) is 1. The van der Waals surface area contributed by atoms with Crippen molar-refractivity contribution < 1.29 is 9.18 Å². The summed E-state index contributed by atoms with van der Waals surface area (Å²) in [7, 11) is 0. The van der Waals surface area contributed by atoms with E-state index in [1.54, 1.807) is 35.2 Å². The molecule has 32 heavy (non-hydrogen) atoms. The summed E-state index contributed by atoms with van der Waals surface area (Å²) in [6.45, 7) is 0.376. The second kappa shape index (κ2) is 8.84. The summed E-state index contributed by atoms with van der Waals surface area (Å²) in [4.78, 5) is 26.8. The van der Waals surface area contributed by atoms with Gasteiger partial charge in [0.15, 0.2) is 5.13 Å². The average Bonchev–Trinajstić information content (AvgIpc) is 3.41. The molecule has 8 heteroatoms. The molecule has 0 atom stereocenters. The fourth-order valence-electron chi connectivity index (χ4n) is 3.82. The number of carbonyl (C=O) groups is 1. The van der Waals surface area contributed by atoms with Gasteiger partial charge in [0.25, 0.3) is 5.91 Å². The van der Waals surface area contributed by atoms with Crippen molar-refractivity contribution in [2.75, 3.05) is 5.32 Å². The van der Waals surface area contributed by atoms with Crippen LogP contribution in [0.15, 0.2) is 61.1 Å². The van der Waals surface area contributed by atoms with Crippen LogP contribution in [0.4, 0.5) is 9.52 Å². The van der Waals surface area contributed by atoms with Gasteiger partial charge in [0.1, 0.15) is 5.69 Å². The highest BCUT2D eigenvalue weighted by Crippen LogP contribution is 2.37. The van der Waals surface area contributed by atoms with Gasteiger partial charge in [-0.2, -0.15) is 4.39 Å². The molecular formula is C24H20FN5OS. The summed E-state index contributed by atoms with van der Waals surface area (Å²) in [5, 5.41) is 3.52. The van der Waals surface area contributed by atoms with Gasteiger partial charge in [-0.1, -0.05) is 6.07 Å². The highest BCUT2D eigenvalue weighted by molar-refractivity contribution is 7.16. The van der Waals surface area contributed by atoms with E-state index < -0.39 is 5.95 Å². The van der Waals surface area contributed by atoms with Crippen molar-refractivity contribution in [3.63, 3.8) is 0 Å². The molecule has 0 spiro atoms. The number of aryl methyl sites for hydroxylation is 1. The number of anilines is 1. The Kier molecular flexibility index (Phi) is 5.60. The van der Waals surface area contributed by atoms with Gasteiger partial charge in [-0.05, 0) is 72.9 Å². The van der Waals surface area contributed by atoms with Crippen LogP contribution in [0.5, 0.6) is 0 Å². The third-order valence-corrected chi connectivity index (χ3v) is 6.32. The van der Waals surface area contributed by atoms with Crippen molar-refractivity contribution in [3.05, 3.63) is 94.5 Å². The molecular weight excluding hydrogens is 425 g/mol. The van der Waals surface area contributed by atoms with E-state index in [9.17, 15) is 9.18 Å². The smallest absolute Gasteiger partial charge is 0.274 e. The summed E-state index contributed by atoms with van der Waals surface area (Å²) in [6, 6.07) is 12.5. The van der Waals surface area contributed by atoms with Crippen molar-refractivity contribution in [2.45, 2.75) is 25.8 Å². The van der Waals surface area contributed by atoms with Crippen LogP contribution in [-0.4, -0.2) is 25.4 Å². The third kappa shape index (κ3) is 4.36. The molecule has 0 unspecified atom stereocenters. The Hall–Kier alpha value is -3.65. The minimum absolute atomic E-state index is 0.245. The Morgan fingerprint density at radius 3 is 2.94 bits per heavy atom. The van der Waals surface area contributed by atoms with E-state index in [0.29, 0.717) is 17.4 Å². The van der Waals surface area contributed by atoms with Gasteiger partial charge in [-0.3, -0.25) is 15.1 Å². The normalized spacial score (nSPS) is 14.3. The predicted molar refractivity (Wildman–Crippen MR) is 123 cm³/mol. The summed E-state index contributed by atoms with van der Waals surface area (Å²) < 4.78 is 15.2. The molecule has 0 bridgehead atoms. The zero-order valence-corrected chi connectivity index (χ0v) is 18.0. The molecule has 1 aliphatic carbocycles. The van der Waals surface area contributed by atoms with E-state index in [2.05, 4.69) is 21.4 Å². The number of nitrogens with one attached hydrogen (secondary N) is 1. The second-order valence-corrected chi connectivity index (χ2v) is 8.61. The Bertz CT molecular complexity index is 1290. The van der Waals surface area contributed by atoms with Gasteiger partial charge in [-0.15, -0.1) is 11.3 Å². The van der Waals surface area contributed by atoms with Crippen molar-refractivity contribution >= 4 is 34.0 Å². The average molecular weight is 446 g/mol. The molecule has 0 fully saturated rings. The number of fused-ring (bicyclic) bond motifs is 1. The standard InChI is InChI=1S/C24H20FN5OS/c25-21-13-16(9-11-27-21)15-30-12-4-7-19(30)23(31)29-24-28-22-17(5-3-8-20(22)32-24)14-18-6-1-2-10-26-18/h1-2,4,6-7,9-14H,3,5,8,15H2,(H,28,29,31)/b17-14-. The van der Waals surface area contributed by atoms with E-state index in [1.807, 2.05) is 18.2 Å². The number of pyridine rings is 2. The Labute approximate surface area is 188 Å². The molecule has 0 radical (unpaired) electrons. The molecule has 160 valence electrons. The van der Waals surface area contributed by atoms with Crippen LogP contribution < -0.4 is 5.32 Å². The molecule has 1 N–H and O–H groups in total.